The third kappa shape index (κ3) is 5.24. The Labute approximate surface area is 156 Å². The number of nitro benzene ring substituents is 1. The van der Waals surface area contributed by atoms with Gasteiger partial charge in [-0.25, -0.2) is 9.78 Å². The summed E-state index contributed by atoms with van der Waals surface area (Å²) in [4.78, 5) is 40.8. The van der Waals surface area contributed by atoms with E-state index < -0.39 is 16.8 Å². The molecule has 1 aromatic heterocycles. The number of nitrogens with zero attached hydrogens (tertiary/aromatic N) is 3. The summed E-state index contributed by atoms with van der Waals surface area (Å²) < 4.78 is 4.86. The molecule has 0 fully saturated rings. The lowest BCUT2D eigenvalue weighted by Crippen LogP contribution is -2.23. The Hall–Kier alpha value is -3.49. The van der Waals surface area contributed by atoms with Crippen LogP contribution in [-0.4, -0.2) is 42.5 Å². The van der Waals surface area contributed by atoms with Crippen molar-refractivity contribution in [1.29, 1.82) is 0 Å². The quantitative estimate of drug-likeness (QED) is 0.450. The summed E-state index contributed by atoms with van der Waals surface area (Å²) in [5.41, 5.74) is 0.423. The Morgan fingerprint density at radius 1 is 1.22 bits per heavy atom. The summed E-state index contributed by atoms with van der Waals surface area (Å²) in [5, 5.41) is 13.8. The molecule has 0 saturated heterocycles. The van der Waals surface area contributed by atoms with Crippen LogP contribution in [0.15, 0.2) is 36.5 Å². The maximum atomic E-state index is 12.4. The van der Waals surface area contributed by atoms with E-state index in [4.69, 9.17) is 4.74 Å². The van der Waals surface area contributed by atoms with Gasteiger partial charge in [0.1, 0.15) is 5.82 Å². The van der Waals surface area contributed by atoms with Gasteiger partial charge in [0.2, 0.25) is 0 Å². The molecule has 2 aromatic rings. The van der Waals surface area contributed by atoms with E-state index in [-0.39, 0.29) is 30.0 Å². The van der Waals surface area contributed by atoms with E-state index in [0.717, 1.165) is 23.5 Å². The number of pyridine rings is 1. The highest BCUT2D eigenvalue weighted by Gasteiger charge is 2.18. The molecule has 27 heavy (non-hydrogen) atoms. The van der Waals surface area contributed by atoms with Gasteiger partial charge in [0.15, 0.2) is 0 Å². The van der Waals surface area contributed by atoms with Crippen LogP contribution in [0.3, 0.4) is 0 Å². The molecule has 0 aliphatic carbocycles. The number of nitrogens with one attached hydrogen (secondary N) is 1. The van der Waals surface area contributed by atoms with Crippen molar-refractivity contribution in [2.75, 3.05) is 25.6 Å². The summed E-state index contributed by atoms with van der Waals surface area (Å²) in [5.74, 6) is -0.519. The minimum atomic E-state index is -0.722. The fraction of sp³-hybridized carbons (Fsp3) is 0.278. The van der Waals surface area contributed by atoms with E-state index in [2.05, 4.69) is 10.3 Å². The maximum Gasteiger partial charge on any atom is 0.338 e. The number of benzene rings is 1. The lowest BCUT2D eigenvalue weighted by molar-refractivity contribution is -0.384. The Kier molecular flexibility index (Phi) is 6.42. The van der Waals surface area contributed by atoms with Gasteiger partial charge in [0, 0.05) is 44.5 Å². The number of carbonyl (C=O) groups is 2. The number of hydrogen-bond donors (Lipinski definition) is 1. The van der Waals surface area contributed by atoms with E-state index >= 15 is 0 Å². The van der Waals surface area contributed by atoms with Crippen LogP contribution in [0.1, 0.15) is 33.2 Å². The van der Waals surface area contributed by atoms with Crippen LogP contribution < -0.4 is 10.2 Å². The summed E-state index contributed by atoms with van der Waals surface area (Å²) in [6.45, 7) is 1.96. The molecule has 0 spiro atoms. The Morgan fingerprint density at radius 3 is 2.56 bits per heavy atom. The first-order valence-electron chi connectivity index (χ1n) is 8.19. The number of aromatic nitrogens is 1. The molecule has 2 rings (SSSR count). The van der Waals surface area contributed by atoms with Crippen LogP contribution >= 0.6 is 0 Å². The molecule has 1 N–H and O–H groups in total. The zero-order valence-electron chi connectivity index (χ0n) is 15.3. The highest BCUT2D eigenvalue weighted by atomic mass is 16.6. The fourth-order valence-corrected chi connectivity index (χ4v) is 2.28. The number of non-ortho nitro benzene ring substituents is 1. The first kappa shape index (κ1) is 19.8. The molecule has 9 heteroatoms. The van der Waals surface area contributed by atoms with Crippen LogP contribution in [0.2, 0.25) is 0 Å². The normalized spacial score (nSPS) is 10.2. The lowest BCUT2D eigenvalue weighted by Gasteiger charge is -2.12. The monoisotopic (exact) mass is 372 g/mol. The molecule has 9 nitrogen and oxygen atoms in total. The average molecular weight is 372 g/mol. The van der Waals surface area contributed by atoms with Gasteiger partial charge in [-0.3, -0.25) is 14.9 Å². The van der Waals surface area contributed by atoms with Gasteiger partial charge in [-0.1, -0.05) is 0 Å². The van der Waals surface area contributed by atoms with E-state index in [0.29, 0.717) is 0 Å². The van der Waals surface area contributed by atoms with Crippen molar-refractivity contribution >= 4 is 23.4 Å². The minimum absolute atomic E-state index is 0.00847. The van der Waals surface area contributed by atoms with Crippen LogP contribution in [0.5, 0.6) is 0 Å². The van der Waals surface area contributed by atoms with Crippen molar-refractivity contribution in [2.24, 2.45) is 0 Å². The molecule has 0 radical (unpaired) electrons. The summed E-state index contributed by atoms with van der Waals surface area (Å²) >= 11 is 0. The first-order valence-corrected chi connectivity index (χ1v) is 8.19. The van der Waals surface area contributed by atoms with Gasteiger partial charge in [-0.05, 0) is 30.7 Å². The number of ether oxygens (including phenoxy) is 1. The van der Waals surface area contributed by atoms with Crippen molar-refractivity contribution in [1.82, 2.24) is 10.3 Å². The van der Waals surface area contributed by atoms with Crippen molar-refractivity contribution in [3.05, 3.63) is 63.3 Å². The summed E-state index contributed by atoms with van der Waals surface area (Å²) in [6, 6.07) is 7.05. The third-order valence-electron chi connectivity index (χ3n) is 3.62. The molecule has 0 atom stereocenters. The molecule has 1 heterocycles. The highest BCUT2D eigenvalue weighted by Crippen LogP contribution is 2.18. The fourth-order valence-electron chi connectivity index (χ4n) is 2.28. The van der Waals surface area contributed by atoms with Crippen LogP contribution in [0.4, 0.5) is 11.5 Å². The van der Waals surface area contributed by atoms with Crippen molar-refractivity contribution in [3.8, 4) is 0 Å². The zero-order chi connectivity index (χ0) is 20.0. The SMILES string of the molecule is CCOC(=O)c1cc(C(=O)NCc2ccnc(N(C)C)c2)cc([N+](=O)[O-])c1. The van der Waals surface area contributed by atoms with Gasteiger partial charge in [-0.15, -0.1) is 0 Å². The number of hydrogen-bond acceptors (Lipinski definition) is 7. The second kappa shape index (κ2) is 8.75. The Morgan fingerprint density at radius 2 is 1.93 bits per heavy atom. The van der Waals surface area contributed by atoms with E-state index in [1.807, 2.05) is 25.1 Å². The predicted molar refractivity (Wildman–Crippen MR) is 98.8 cm³/mol. The second-order valence-corrected chi connectivity index (χ2v) is 5.85. The molecule has 0 unspecified atom stereocenters. The number of carbonyl (C=O) groups excluding carboxylic acids is 2. The minimum Gasteiger partial charge on any atom is -0.462 e. The largest absolute Gasteiger partial charge is 0.462 e. The average Bonchev–Trinajstić information content (AvgIpc) is 2.66. The Balaban J connectivity index is 2.21. The molecule has 0 saturated carbocycles. The van der Waals surface area contributed by atoms with Crippen molar-refractivity contribution in [2.45, 2.75) is 13.5 Å². The summed E-state index contributed by atoms with van der Waals surface area (Å²) in [6.07, 6.45) is 1.63. The topological polar surface area (TPSA) is 115 Å². The van der Waals surface area contributed by atoms with Crippen LogP contribution in [0.25, 0.3) is 0 Å². The number of amides is 1. The molecular weight excluding hydrogens is 352 g/mol. The lowest BCUT2D eigenvalue weighted by atomic mass is 10.1. The number of esters is 1. The van der Waals surface area contributed by atoms with Gasteiger partial charge in [0.05, 0.1) is 17.1 Å². The standard InChI is InChI=1S/C18H20N4O5/c1-4-27-18(24)14-8-13(9-15(10-14)22(25)26)17(23)20-11-12-5-6-19-16(7-12)21(2)3/h5-10H,4,11H2,1-3H3,(H,20,23). The van der Waals surface area contributed by atoms with E-state index in [1.165, 1.54) is 6.07 Å². The Bertz CT molecular complexity index is 867. The van der Waals surface area contributed by atoms with Gasteiger partial charge in [-0.2, -0.15) is 0 Å². The molecular formula is C18H20N4O5. The molecule has 0 aliphatic heterocycles. The predicted octanol–water partition coefficient (Wildman–Crippen LogP) is 2.16. The van der Waals surface area contributed by atoms with Crippen LogP contribution in [-0.2, 0) is 11.3 Å². The van der Waals surface area contributed by atoms with Crippen molar-refractivity contribution < 1.29 is 19.2 Å². The first-order chi connectivity index (χ1) is 12.8. The van der Waals surface area contributed by atoms with Gasteiger partial charge in [0.25, 0.3) is 11.6 Å². The van der Waals surface area contributed by atoms with E-state index in [9.17, 15) is 19.7 Å². The smallest absolute Gasteiger partial charge is 0.338 e. The number of rotatable bonds is 7. The molecule has 0 bridgehead atoms. The number of nitro groups is 1. The zero-order valence-corrected chi connectivity index (χ0v) is 15.3. The van der Waals surface area contributed by atoms with Gasteiger partial charge < -0.3 is 15.0 Å². The van der Waals surface area contributed by atoms with E-state index in [1.54, 1.807) is 19.2 Å². The molecule has 1 amide bonds. The third-order valence-corrected chi connectivity index (χ3v) is 3.62. The molecule has 0 aliphatic rings. The second-order valence-electron chi connectivity index (χ2n) is 5.85. The molecule has 1 aromatic carbocycles. The maximum absolute atomic E-state index is 12.4. The van der Waals surface area contributed by atoms with Crippen LogP contribution in [0, 0.1) is 10.1 Å². The summed E-state index contributed by atoms with van der Waals surface area (Å²) in [7, 11) is 3.70. The highest BCUT2D eigenvalue weighted by molar-refractivity contribution is 5.99. The van der Waals surface area contributed by atoms with Crippen molar-refractivity contribution in [3.63, 3.8) is 0 Å². The molecule has 142 valence electrons. The number of anilines is 1. The van der Waals surface area contributed by atoms with Gasteiger partial charge >= 0.3 is 5.97 Å².